The number of piperidine rings is 1. The molecule has 2 rings (SSSR count). The van der Waals surface area contributed by atoms with Gasteiger partial charge in [0.05, 0.1) is 12.5 Å². The maximum atomic E-state index is 12.1. The lowest BCUT2D eigenvalue weighted by atomic mass is 9.98. The van der Waals surface area contributed by atoms with Gasteiger partial charge in [-0.3, -0.25) is 14.6 Å². The van der Waals surface area contributed by atoms with Gasteiger partial charge in [-0.15, -0.1) is 24.0 Å². The van der Waals surface area contributed by atoms with E-state index >= 15 is 0 Å². The molecule has 1 heterocycles. The third-order valence-electron chi connectivity index (χ3n) is 4.73. The standard InChI is InChI=1S/C21H32N4O3.HI/c1-4-11-23-19(26)17-9-6-8-16(13-17)14-24-21(22-3)25-12-7-10-18(15-25)20(27)28-5-2;/h6,8-9,13,18H,4-5,7,10-12,14-15H2,1-3H3,(H,22,24)(H,23,26);1H. The van der Waals surface area contributed by atoms with Gasteiger partial charge in [0.25, 0.3) is 5.91 Å². The van der Waals surface area contributed by atoms with Gasteiger partial charge in [0.2, 0.25) is 0 Å². The molecule has 2 N–H and O–H groups in total. The molecule has 29 heavy (non-hydrogen) atoms. The van der Waals surface area contributed by atoms with Crippen LogP contribution in [0.2, 0.25) is 0 Å². The van der Waals surface area contributed by atoms with Gasteiger partial charge in [-0.25, -0.2) is 0 Å². The van der Waals surface area contributed by atoms with Gasteiger partial charge in [0.1, 0.15) is 0 Å². The minimum absolute atomic E-state index is 0. The molecule has 7 nitrogen and oxygen atoms in total. The lowest BCUT2D eigenvalue weighted by Crippen LogP contribution is -2.48. The molecule has 0 saturated carbocycles. The molecular weight excluding hydrogens is 483 g/mol. The van der Waals surface area contributed by atoms with E-state index in [4.69, 9.17) is 4.74 Å². The van der Waals surface area contributed by atoms with Crippen LogP contribution < -0.4 is 10.6 Å². The van der Waals surface area contributed by atoms with Gasteiger partial charge >= 0.3 is 5.97 Å². The molecular formula is C21H33IN4O3. The summed E-state index contributed by atoms with van der Waals surface area (Å²) in [6.07, 6.45) is 2.68. The molecule has 0 bridgehead atoms. The summed E-state index contributed by atoms with van der Waals surface area (Å²) in [6.45, 7) is 6.96. The minimum atomic E-state index is -0.131. The van der Waals surface area contributed by atoms with Crippen LogP contribution >= 0.6 is 24.0 Å². The molecule has 1 aliphatic heterocycles. The van der Waals surface area contributed by atoms with E-state index in [9.17, 15) is 9.59 Å². The van der Waals surface area contributed by atoms with Gasteiger partial charge < -0.3 is 20.3 Å². The molecule has 1 atom stereocenters. The third kappa shape index (κ3) is 7.83. The molecule has 8 heteroatoms. The zero-order chi connectivity index (χ0) is 20.4. The smallest absolute Gasteiger partial charge is 0.310 e. The summed E-state index contributed by atoms with van der Waals surface area (Å²) in [5, 5.41) is 6.24. The highest BCUT2D eigenvalue weighted by Crippen LogP contribution is 2.18. The number of nitrogens with zero attached hydrogens (tertiary/aromatic N) is 2. The first-order valence-electron chi connectivity index (χ1n) is 10.1. The van der Waals surface area contributed by atoms with Crippen LogP contribution in [-0.4, -0.2) is 56.0 Å². The van der Waals surface area contributed by atoms with Crippen LogP contribution in [0.25, 0.3) is 0 Å². The van der Waals surface area contributed by atoms with Crippen molar-refractivity contribution in [1.29, 1.82) is 0 Å². The fourth-order valence-corrected chi connectivity index (χ4v) is 3.30. The lowest BCUT2D eigenvalue weighted by molar-refractivity contribution is -0.149. The maximum absolute atomic E-state index is 12.1. The van der Waals surface area contributed by atoms with Gasteiger partial charge in [0, 0.05) is 38.8 Å². The van der Waals surface area contributed by atoms with Crippen molar-refractivity contribution in [3.63, 3.8) is 0 Å². The van der Waals surface area contributed by atoms with Crippen molar-refractivity contribution in [3.8, 4) is 0 Å². The maximum Gasteiger partial charge on any atom is 0.310 e. The number of benzene rings is 1. The van der Waals surface area contributed by atoms with Crippen LogP contribution in [0.5, 0.6) is 0 Å². The van der Waals surface area contributed by atoms with Gasteiger partial charge in [-0.1, -0.05) is 19.1 Å². The van der Waals surface area contributed by atoms with Gasteiger partial charge in [-0.05, 0) is 43.9 Å². The van der Waals surface area contributed by atoms with Crippen molar-refractivity contribution < 1.29 is 14.3 Å². The number of carbonyl (C=O) groups is 2. The number of amides is 1. The number of rotatable bonds is 7. The number of hydrogen-bond acceptors (Lipinski definition) is 4. The second kappa shape index (κ2) is 13.4. The van der Waals surface area contributed by atoms with E-state index in [2.05, 4.69) is 20.5 Å². The topological polar surface area (TPSA) is 83.0 Å². The molecule has 0 radical (unpaired) electrons. The van der Waals surface area contributed by atoms with Crippen LogP contribution in [0.3, 0.4) is 0 Å². The van der Waals surface area contributed by atoms with E-state index in [0.717, 1.165) is 37.3 Å². The summed E-state index contributed by atoms with van der Waals surface area (Å²) < 4.78 is 5.17. The van der Waals surface area contributed by atoms with Crippen molar-refractivity contribution in [2.24, 2.45) is 10.9 Å². The van der Waals surface area contributed by atoms with Crippen LogP contribution in [0.1, 0.15) is 49.0 Å². The average Bonchev–Trinajstić information content (AvgIpc) is 2.73. The highest BCUT2D eigenvalue weighted by Gasteiger charge is 2.28. The first-order chi connectivity index (χ1) is 13.6. The highest BCUT2D eigenvalue weighted by atomic mass is 127. The normalized spacial score (nSPS) is 16.6. The Hall–Kier alpha value is -1.84. The van der Waals surface area contributed by atoms with Crippen LogP contribution in [-0.2, 0) is 16.1 Å². The Morgan fingerprint density at radius 1 is 1.28 bits per heavy atom. The largest absolute Gasteiger partial charge is 0.466 e. The summed E-state index contributed by atoms with van der Waals surface area (Å²) in [4.78, 5) is 30.7. The second-order valence-corrected chi connectivity index (χ2v) is 6.89. The summed E-state index contributed by atoms with van der Waals surface area (Å²) in [5.74, 6) is 0.461. The molecule has 1 saturated heterocycles. The number of likely N-dealkylation sites (tertiary alicyclic amines) is 1. The number of ether oxygens (including phenoxy) is 1. The highest BCUT2D eigenvalue weighted by molar-refractivity contribution is 14.0. The number of esters is 1. The zero-order valence-electron chi connectivity index (χ0n) is 17.6. The monoisotopic (exact) mass is 516 g/mol. The van der Waals surface area contributed by atoms with Crippen molar-refractivity contribution in [2.75, 3.05) is 33.3 Å². The quantitative estimate of drug-likeness (QED) is 0.252. The van der Waals surface area contributed by atoms with E-state index in [1.165, 1.54) is 0 Å². The molecule has 1 amide bonds. The van der Waals surface area contributed by atoms with Crippen LogP contribution in [0.15, 0.2) is 29.3 Å². The number of aliphatic imine (C=N–C) groups is 1. The van der Waals surface area contributed by atoms with Crippen molar-refractivity contribution in [1.82, 2.24) is 15.5 Å². The molecule has 1 aromatic rings. The van der Waals surface area contributed by atoms with Crippen molar-refractivity contribution in [3.05, 3.63) is 35.4 Å². The molecule has 0 aromatic heterocycles. The predicted octanol–water partition coefficient (Wildman–Crippen LogP) is 2.79. The lowest BCUT2D eigenvalue weighted by Gasteiger charge is -2.34. The van der Waals surface area contributed by atoms with E-state index in [1.54, 1.807) is 7.05 Å². The minimum Gasteiger partial charge on any atom is -0.466 e. The molecule has 1 fully saturated rings. The zero-order valence-corrected chi connectivity index (χ0v) is 19.9. The van der Waals surface area contributed by atoms with Crippen LogP contribution in [0.4, 0.5) is 0 Å². The number of nitrogens with one attached hydrogen (secondary N) is 2. The van der Waals surface area contributed by atoms with Crippen molar-refractivity contribution >= 4 is 41.8 Å². The number of hydrogen-bond donors (Lipinski definition) is 2. The molecule has 0 aliphatic carbocycles. The summed E-state index contributed by atoms with van der Waals surface area (Å²) in [7, 11) is 1.74. The fraction of sp³-hybridized carbons (Fsp3) is 0.571. The fourth-order valence-electron chi connectivity index (χ4n) is 3.30. The average molecular weight is 516 g/mol. The first-order valence-corrected chi connectivity index (χ1v) is 10.1. The van der Waals surface area contributed by atoms with E-state index in [1.807, 2.05) is 38.1 Å². The third-order valence-corrected chi connectivity index (χ3v) is 4.73. The summed E-state index contributed by atoms with van der Waals surface area (Å²) in [6, 6.07) is 7.58. The van der Waals surface area contributed by atoms with E-state index in [-0.39, 0.29) is 41.8 Å². The van der Waals surface area contributed by atoms with Crippen molar-refractivity contribution in [2.45, 2.75) is 39.7 Å². The molecule has 1 aliphatic rings. The molecule has 0 spiro atoms. The Morgan fingerprint density at radius 3 is 2.76 bits per heavy atom. The Morgan fingerprint density at radius 2 is 2.07 bits per heavy atom. The summed E-state index contributed by atoms with van der Waals surface area (Å²) >= 11 is 0. The SMILES string of the molecule is CCCNC(=O)c1cccc(CNC(=NC)N2CCCC(C(=O)OCC)C2)c1.I. The molecule has 162 valence electrons. The van der Waals surface area contributed by atoms with E-state index in [0.29, 0.717) is 31.8 Å². The Labute approximate surface area is 190 Å². The predicted molar refractivity (Wildman–Crippen MR) is 126 cm³/mol. The number of halogens is 1. The second-order valence-electron chi connectivity index (χ2n) is 6.89. The van der Waals surface area contributed by atoms with E-state index < -0.39 is 0 Å². The molecule has 1 aromatic carbocycles. The molecule has 1 unspecified atom stereocenters. The van der Waals surface area contributed by atoms with Gasteiger partial charge in [0.15, 0.2) is 5.96 Å². The van der Waals surface area contributed by atoms with Gasteiger partial charge in [-0.2, -0.15) is 0 Å². The number of carbonyl (C=O) groups excluding carboxylic acids is 2. The Balaban J connectivity index is 0.00000420. The number of guanidine groups is 1. The summed E-state index contributed by atoms with van der Waals surface area (Å²) in [5.41, 5.74) is 1.66. The Kier molecular flexibility index (Phi) is 11.6. The van der Waals surface area contributed by atoms with Crippen LogP contribution in [0, 0.1) is 5.92 Å². The Bertz CT molecular complexity index is 696. The first kappa shape index (κ1) is 25.2.